The van der Waals surface area contributed by atoms with Crippen LogP contribution in [0.25, 0.3) is 0 Å². The number of benzene rings is 3. The van der Waals surface area contributed by atoms with Crippen molar-refractivity contribution in [3.63, 3.8) is 0 Å². The molecule has 3 rings (SSSR count). The van der Waals surface area contributed by atoms with Gasteiger partial charge in [0.1, 0.15) is 0 Å². The quantitative estimate of drug-likeness (QED) is 0.254. The summed E-state index contributed by atoms with van der Waals surface area (Å²) >= 11 is 0. The number of carbonyl (C=O) groups excluding carboxylic acids is 2. The van der Waals surface area contributed by atoms with E-state index in [0.717, 1.165) is 24.1 Å². The maximum absolute atomic E-state index is 12.2. The van der Waals surface area contributed by atoms with Crippen LogP contribution in [0.4, 0.5) is 16.2 Å². The molecule has 1 atom stereocenters. The number of carbonyl (C=O) groups is 3. The van der Waals surface area contributed by atoms with Crippen molar-refractivity contribution in [3.8, 4) is 6.07 Å². The number of anilines is 2. The molecule has 0 bridgehead atoms. The Morgan fingerprint density at radius 2 is 1.67 bits per heavy atom. The van der Waals surface area contributed by atoms with Gasteiger partial charge in [-0.25, -0.2) is 4.79 Å². The van der Waals surface area contributed by atoms with Crippen molar-refractivity contribution in [3.05, 3.63) is 94.0 Å². The van der Waals surface area contributed by atoms with Gasteiger partial charge >= 0.3 is 6.09 Å². The fourth-order valence-electron chi connectivity index (χ4n) is 4.19. The number of nitrogens with two attached hydrogens (primary N) is 1. The number of ether oxygens (including phenoxy) is 1. The van der Waals surface area contributed by atoms with Crippen LogP contribution in [0.2, 0.25) is 0 Å². The Morgan fingerprint density at radius 1 is 1.05 bits per heavy atom. The molecule has 0 fully saturated rings. The zero-order valence-electron chi connectivity index (χ0n) is 22.4. The van der Waals surface area contributed by atoms with E-state index < -0.39 is 12.0 Å². The fourth-order valence-corrected chi connectivity index (χ4v) is 4.19. The molecule has 9 heteroatoms. The minimum absolute atomic E-state index is 0.0176. The molecule has 39 heavy (non-hydrogen) atoms. The highest BCUT2D eigenvalue weighted by Crippen LogP contribution is 2.27. The van der Waals surface area contributed by atoms with Crippen LogP contribution in [0, 0.1) is 11.3 Å². The number of hydrogen-bond acceptors (Lipinski definition) is 6. The molecule has 3 aromatic carbocycles. The van der Waals surface area contributed by atoms with Gasteiger partial charge in [0.05, 0.1) is 18.2 Å². The van der Waals surface area contributed by atoms with Crippen molar-refractivity contribution >= 4 is 29.8 Å². The third kappa shape index (κ3) is 9.20. The lowest BCUT2D eigenvalue weighted by Crippen LogP contribution is -2.16. The van der Waals surface area contributed by atoms with E-state index in [4.69, 9.17) is 25.6 Å². The lowest BCUT2D eigenvalue weighted by molar-refractivity contribution is -0.122. The van der Waals surface area contributed by atoms with Crippen LogP contribution in [-0.4, -0.2) is 30.2 Å². The molecule has 0 saturated carbocycles. The van der Waals surface area contributed by atoms with Gasteiger partial charge < -0.3 is 20.9 Å². The second-order valence-electron chi connectivity index (χ2n) is 8.64. The monoisotopic (exact) mass is 530 g/mol. The number of aryl methyl sites for hydroxylation is 2. The Hall–Kier alpha value is -4.84. The number of nitriles is 1. The van der Waals surface area contributed by atoms with E-state index in [1.807, 2.05) is 18.2 Å². The number of hydrogen-bond donors (Lipinski definition) is 4. The minimum Gasteiger partial charge on any atom is -0.483 e. The van der Waals surface area contributed by atoms with Crippen molar-refractivity contribution in [2.24, 2.45) is 5.73 Å². The Balaban J connectivity index is 0.00000170. The molecule has 3 aromatic rings. The SMILES string of the molecule is CCc1cc(C(C)Nc2cccc(C(N)=O)c2)cc(CC)c1CCOC(=O)Nc1cccc(C#N)c1.O=CO. The van der Waals surface area contributed by atoms with Crippen molar-refractivity contribution in [2.75, 3.05) is 17.2 Å². The van der Waals surface area contributed by atoms with Crippen LogP contribution in [0.1, 0.15) is 65.0 Å². The summed E-state index contributed by atoms with van der Waals surface area (Å²) in [6.45, 7) is 6.31. The van der Waals surface area contributed by atoms with Crippen LogP contribution < -0.4 is 16.4 Å². The third-order valence-electron chi connectivity index (χ3n) is 6.07. The van der Waals surface area contributed by atoms with Gasteiger partial charge in [0, 0.05) is 29.4 Å². The van der Waals surface area contributed by atoms with E-state index in [9.17, 15) is 9.59 Å². The smallest absolute Gasteiger partial charge is 0.411 e. The number of amides is 2. The van der Waals surface area contributed by atoms with Crippen LogP contribution in [0.5, 0.6) is 0 Å². The molecule has 5 N–H and O–H groups in total. The van der Waals surface area contributed by atoms with E-state index in [2.05, 4.69) is 43.5 Å². The number of primary amides is 1. The van der Waals surface area contributed by atoms with Gasteiger partial charge in [-0.15, -0.1) is 0 Å². The summed E-state index contributed by atoms with van der Waals surface area (Å²) in [5.41, 5.74) is 12.5. The minimum atomic E-state index is -0.547. The first-order valence-electron chi connectivity index (χ1n) is 12.6. The van der Waals surface area contributed by atoms with E-state index in [1.165, 1.54) is 16.7 Å². The van der Waals surface area contributed by atoms with Gasteiger partial charge in [0.2, 0.25) is 5.91 Å². The fraction of sp³-hybridized carbons (Fsp3) is 0.267. The molecule has 0 aliphatic rings. The number of rotatable bonds is 10. The first-order valence-corrected chi connectivity index (χ1v) is 12.6. The topological polar surface area (TPSA) is 155 Å². The van der Waals surface area contributed by atoms with E-state index in [-0.39, 0.29) is 19.1 Å². The molecular weight excluding hydrogens is 496 g/mol. The van der Waals surface area contributed by atoms with Crippen LogP contribution in [0.15, 0.2) is 60.7 Å². The normalized spacial score (nSPS) is 10.7. The highest BCUT2D eigenvalue weighted by Gasteiger charge is 2.14. The summed E-state index contributed by atoms with van der Waals surface area (Å²) in [5.74, 6) is -0.455. The molecule has 0 aliphatic heterocycles. The lowest BCUT2D eigenvalue weighted by Gasteiger charge is -2.21. The Kier molecular flexibility index (Phi) is 12.0. The van der Waals surface area contributed by atoms with E-state index >= 15 is 0 Å². The first kappa shape index (κ1) is 30.4. The maximum Gasteiger partial charge on any atom is 0.411 e. The third-order valence-corrected chi connectivity index (χ3v) is 6.07. The number of nitrogens with zero attached hydrogens (tertiary/aromatic N) is 1. The van der Waals surface area contributed by atoms with Gasteiger partial charge in [-0.2, -0.15) is 5.26 Å². The highest BCUT2D eigenvalue weighted by atomic mass is 16.5. The molecule has 0 aromatic heterocycles. The molecule has 2 amide bonds. The summed E-state index contributed by atoms with van der Waals surface area (Å²) in [4.78, 5) is 32.1. The zero-order chi connectivity index (χ0) is 28.8. The van der Waals surface area contributed by atoms with Crippen LogP contribution in [0.3, 0.4) is 0 Å². The Labute approximate surface area is 228 Å². The summed E-state index contributed by atoms with van der Waals surface area (Å²) < 4.78 is 5.43. The zero-order valence-corrected chi connectivity index (χ0v) is 22.4. The molecule has 0 spiro atoms. The average Bonchev–Trinajstić information content (AvgIpc) is 2.93. The summed E-state index contributed by atoms with van der Waals surface area (Å²) in [6, 6.07) is 20.3. The summed E-state index contributed by atoms with van der Waals surface area (Å²) in [7, 11) is 0. The average molecular weight is 531 g/mol. The number of nitrogens with one attached hydrogen (secondary N) is 2. The molecule has 0 heterocycles. The Morgan fingerprint density at radius 3 is 2.26 bits per heavy atom. The molecular formula is C30H34N4O5. The first-order chi connectivity index (χ1) is 18.8. The maximum atomic E-state index is 12.2. The van der Waals surface area contributed by atoms with Gasteiger partial charge in [0.25, 0.3) is 6.47 Å². The lowest BCUT2D eigenvalue weighted by atomic mass is 9.90. The van der Waals surface area contributed by atoms with Crippen LogP contribution >= 0.6 is 0 Å². The van der Waals surface area contributed by atoms with Crippen molar-refractivity contribution in [1.29, 1.82) is 5.26 Å². The molecule has 9 nitrogen and oxygen atoms in total. The highest BCUT2D eigenvalue weighted by molar-refractivity contribution is 5.93. The summed E-state index contributed by atoms with van der Waals surface area (Å²) in [6.07, 6.45) is 1.77. The standard InChI is InChI=1S/C29H32N4O3.CH2O2/c1-4-21-15-24(19(3)32-26-11-7-9-23(17-26)28(31)34)16-22(5-2)27(21)12-13-36-29(35)33-25-10-6-8-20(14-25)18-30;2-1-3/h6-11,14-17,19,32H,4-5,12-13H2,1-3H3,(H2,31,34)(H,33,35);1H,(H,2,3). The Bertz CT molecular complexity index is 1310. The van der Waals surface area contributed by atoms with Crippen LogP contribution in [-0.2, 0) is 28.8 Å². The largest absolute Gasteiger partial charge is 0.483 e. The molecule has 1 unspecified atom stereocenters. The van der Waals surface area contributed by atoms with E-state index in [0.29, 0.717) is 23.2 Å². The predicted octanol–water partition coefficient (Wildman–Crippen LogP) is 5.45. The van der Waals surface area contributed by atoms with Gasteiger partial charge in [-0.05, 0) is 78.4 Å². The second-order valence-corrected chi connectivity index (χ2v) is 8.64. The predicted molar refractivity (Wildman–Crippen MR) is 151 cm³/mol. The molecule has 0 saturated heterocycles. The molecule has 0 radical (unpaired) electrons. The number of carboxylic acid groups (broad SMARTS) is 1. The van der Waals surface area contributed by atoms with Crippen molar-refractivity contribution in [1.82, 2.24) is 0 Å². The second kappa shape index (κ2) is 15.4. The van der Waals surface area contributed by atoms with E-state index in [1.54, 1.807) is 36.4 Å². The molecule has 0 aliphatic carbocycles. The summed E-state index contributed by atoms with van der Waals surface area (Å²) in [5, 5.41) is 22.0. The van der Waals surface area contributed by atoms with Crippen molar-refractivity contribution < 1.29 is 24.2 Å². The van der Waals surface area contributed by atoms with Crippen molar-refractivity contribution in [2.45, 2.75) is 46.1 Å². The van der Waals surface area contributed by atoms with Gasteiger partial charge in [0.15, 0.2) is 0 Å². The molecule has 204 valence electrons. The van der Waals surface area contributed by atoms with Gasteiger partial charge in [-0.1, -0.05) is 38.1 Å². The van der Waals surface area contributed by atoms with Gasteiger partial charge in [-0.3, -0.25) is 14.9 Å².